The van der Waals surface area contributed by atoms with Crippen LogP contribution in [0.3, 0.4) is 0 Å². The number of rotatable bonds is 4. The molecule has 90 valence electrons. The Morgan fingerprint density at radius 1 is 1.44 bits per heavy atom. The zero-order valence-corrected chi connectivity index (χ0v) is 12.0. The Hall–Kier alpha value is 0.1000. The topological polar surface area (TPSA) is 12.5 Å². The van der Waals surface area contributed by atoms with E-state index in [4.69, 9.17) is 4.74 Å². The first kappa shape index (κ1) is 12.6. The molecule has 0 unspecified atom stereocenters. The second-order valence-corrected chi connectivity index (χ2v) is 6.68. The predicted octanol–water partition coefficient (Wildman–Crippen LogP) is 3.51. The fourth-order valence-electron chi connectivity index (χ4n) is 2.13. The van der Waals surface area contributed by atoms with Crippen molar-refractivity contribution < 1.29 is 4.74 Å². The van der Waals surface area contributed by atoms with Crippen molar-refractivity contribution in [3.05, 3.63) is 20.8 Å². The highest BCUT2D eigenvalue weighted by Gasteiger charge is 2.19. The van der Waals surface area contributed by atoms with Crippen LogP contribution in [0.15, 0.2) is 15.9 Å². The van der Waals surface area contributed by atoms with Crippen LogP contribution in [-0.4, -0.2) is 30.7 Å². The Kier molecular flexibility index (Phi) is 4.82. The van der Waals surface area contributed by atoms with Crippen molar-refractivity contribution in [3.8, 4) is 0 Å². The zero-order valence-electron chi connectivity index (χ0n) is 9.62. The lowest BCUT2D eigenvalue weighted by Crippen LogP contribution is -2.36. The number of hydrogen-bond acceptors (Lipinski definition) is 3. The molecule has 1 saturated heterocycles. The molecule has 1 fully saturated rings. The highest BCUT2D eigenvalue weighted by atomic mass is 79.9. The number of hydrogen-bond donors (Lipinski definition) is 0. The van der Waals surface area contributed by atoms with Crippen LogP contribution in [0.2, 0.25) is 0 Å². The van der Waals surface area contributed by atoms with Crippen molar-refractivity contribution in [1.29, 1.82) is 0 Å². The standard InChI is InChI=1S/C12H18BrNOS/c1-2-15-10-5-7-14(8-6-10)9-11-3-4-12(13)16-11/h3-4,10H,2,5-9H2,1H3. The van der Waals surface area contributed by atoms with E-state index in [1.807, 2.05) is 11.3 Å². The van der Waals surface area contributed by atoms with Crippen LogP contribution in [0, 0.1) is 0 Å². The van der Waals surface area contributed by atoms with Gasteiger partial charge in [-0.25, -0.2) is 0 Å². The van der Waals surface area contributed by atoms with Gasteiger partial charge in [-0.3, -0.25) is 4.90 Å². The first-order chi connectivity index (χ1) is 7.78. The maximum atomic E-state index is 5.65. The third kappa shape index (κ3) is 3.55. The summed E-state index contributed by atoms with van der Waals surface area (Å²) < 4.78 is 6.88. The fraction of sp³-hybridized carbons (Fsp3) is 0.667. The molecule has 0 saturated carbocycles. The van der Waals surface area contributed by atoms with Gasteiger partial charge in [-0.15, -0.1) is 11.3 Å². The zero-order chi connectivity index (χ0) is 11.4. The van der Waals surface area contributed by atoms with Crippen LogP contribution < -0.4 is 0 Å². The molecule has 1 aromatic heterocycles. The average molecular weight is 304 g/mol. The highest BCUT2D eigenvalue weighted by molar-refractivity contribution is 9.11. The van der Waals surface area contributed by atoms with E-state index in [0.29, 0.717) is 6.10 Å². The smallest absolute Gasteiger partial charge is 0.0701 e. The lowest BCUT2D eigenvalue weighted by molar-refractivity contribution is 0.0127. The molecule has 0 bridgehead atoms. The van der Waals surface area contributed by atoms with Crippen LogP contribution in [-0.2, 0) is 11.3 Å². The van der Waals surface area contributed by atoms with E-state index in [2.05, 4.69) is 39.9 Å². The van der Waals surface area contributed by atoms with Gasteiger partial charge in [0.15, 0.2) is 0 Å². The van der Waals surface area contributed by atoms with Crippen LogP contribution in [0.25, 0.3) is 0 Å². The number of nitrogens with zero attached hydrogens (tertiary/aromatic N) is 1. The Bertz CT molecular complexity index is 321. The monoisotopic (exact) mass is 303 g/mol. The van der Waals surface area contributed by atoms with Gasteiger partial charge >= 0.3 is 0 Å². The lowest BCUT2D eigenvalue weighted by Gasteiger charge is -2.31. The normalized spacial score (nSPS) is 19.1. The Morgan fingerprint density at radius 3 is 2.75 bits per heavy atom. The van der Waals surface area contributed by atoms with E-state index in [9.17, 15) is 0 Å². The van der Waals surface area contributed by atoms with Crippen LogP contribution in [0.5, 0.6) is 0 Å². The Morgan fingerprint density at radius 2 is 2.19 bits per heavy atom. The summed E-state index contributed by atoms with van der Waals surface area (Å²) in [7, 11) is 0. The fourth-order valence-corrected chi connectivity index (χ4v) is 3.65. The number of halogens is 1. The molecule has 2 heterocycles. The summed E-state index contributed by atoms with van der Waals surface area (Å²) in [6.45, 7) is 6.35. The molecule has 4 heteroatoms. The molecule has 2 nitrogen and oxygen atoms in total. The average Bonchev–Trinajstić information content (AvgIpc) is 2.67. The first-order valence-corrected chi connectivity index (χ1v) is 7.47. The third-order valence-electron chi connectivity index (χ3n) is 2.95. The van der Waals surface area contributed by atoms with Gasteiger partial charge < -0.3 is 4.74 Å². The van der Waals surface area contributed by atoms with Gasteiger partial charge in [-0.1, -0.05) is 0 Å². The molecule has 1 aliphatic heterocycles. The van der Waals surface area contributed by atoms with Gasteiger partial charge in [0.25, 0.3) is 0 Å². The van der Waals surface area contributed by atoms with Gasteiger partial charge in [-0.05, 0) is 47.8 Å². The maximum Gasteiger partial charge on any atom is 0.0701 e. The molecule has 0 radical (unpaired) electrons. The third-order valence-corrected chi connectivity index (χ3v) is 4.55. The summed E-state index contributed by atoms with van der Waals surface area (Å²) in [4.78, 5) is 3.97. The van der Waals surface area contributed by atoms with Gasteiger partial charge in [0.2, 0.25) is 0 Å². The van der Waals surface area contributed by atoms with Crippen molar-refractivity contribution in [2.75, 3.05) is 19.7 Å². The summed E-state index contributed by atoms with van der Waals surface area (Å²) in [6, 6.07) is 4.34. The van der Waals surface area contributed by atoms with Gasteiger partial charge in [0.1, 0.15) is 0 Å². The Balaban J connectivity index is 1.77. The molecular formula is C12H18BrNOS. The van der Waals surface area contributed by atoms with E-state index in [1.165, 1.54) is 34.6 Å². The summed E-state index contributed by atoms with van der Waals surface area (Å²) in [5.41, 5.74) is 0. The highest BCUT2D eigenvalue weighted by Crippen LogP contribution is 2.24. The second-order valence-electron chi connectivity index (χ2n) is 4.14. The lowest BCUT2D eigenvalue weighted by atomic mass is 10.1. The first-order valence-electron chi connectivity index (χ1n) is 5.86. The summed E-state index contributed by atoms with van der Waals surface area (Å²) in [6.07, 6.45) is 2.86. The van der Waals surface area contributed by atoms with Gasteiger partial charge in [-0.2, -0.15) is 0 Å². The van der Waals surface area contributed by atoms with Crippen LogP contribution in [0.4, 0.5) is 0 Å². The second kappa shape index (κ2) is 6.15. The molecule has 0 spiro atoms. The molecule has 1 aliphatic rings. The summed E-state index contributed by atoms with van der Waals surface area (Å²) >= 11 is 5.34. The Labute approximate surface area is 110 Å². The molecule has 0 amide bonds. The summed E-state index contributed by atoms with van der Waals surface area (Å²) in [5, 5.41) is 0. The molecule has 0 aliphatic carbocycles. The van der Waals surface area contributed by atoms with E-state index in [1.54, 1.807) is 0 Å². The summed E-state index contributed by atoms with van der Waals surface area (Å²) in [5.74, 6) is 0. The van der Waals surface area contributed by atoms with Crippen LogP contribution in [0.1, 0.15) is 24.6 Å². The molecule has 0 aromatic carbocycles. The van der Waals surface area contributed by atoms with Crippen molar-refractivity contribution >= 4 is 27.3 Å². The van der Waals surface area contributed by atoms with Crippen molar-refractivity contribution in [2.24, 2.45) is 0 Å². The van der Waals surface area contributed by atoms with Crippen LogP contribution >= 0.6 is 27.3 Å². The number of thiophene rings is 1. The molecule has 16 heavy (non-hydrogen) atoms. The van der Waals surface area contributed by atoms with E-state index >= 15 is 0 Å². The molecule has 0 N–H and O–H groups in total. The number of ether oxygens (including phenoxy) is 1. The van der Waals surface area contributed by atoms with Crippen molar-refractivity contribution in [3.63, 3.8) is 0 Å². The SMILES string of the molecule is CCOC1CCN(Cc2ccc(Br)s2)CC1. The quantitative estimate of drug-likeness (QED) is 0.844. The number of likely N-dealkylation sites (tertiary alicyclic amines) is 1. The molecule has 2 rings (SSSR count). The van der Waals surface area contributed by atoms with Gasteiger partial charge in [0, 0.05) is 31.1 Å². The molecule has 1 aromatic rings. The van der Waals surface area contributed by atoms with Crippen molar-refractivity contribution in [1.82, 2.24) is 4.90 Å². The number of piperidine rings is 1. The van der Waals surface area contributed by atoms with Crippen molar-refractivity contribution in [2.45, 2.75) is 32.4 Å². The largest absolute Gasteiger partial charge is 0.378 e. The molecule has 0 atom stereocenters. The predicted molar refractivity (Wildman–Crippen MR) is 71.9 cm³/mol. The van der Waals surface area contributed by atoms with Gasteiger partial charge in [0.05, 0.1) is 9.89 Å². The molecular weight excluding hydrogens is 286 g/mol. The van der Waals surface area contributed by atoms with E-state index in [0.717, 1.165) is 13.2 Å². The minimum atomic E-state index is 0.497. The minimum absolute atomic E-state index is 0.497. The van der Waals surface area contributed by atoms with E-state index in [-0.39, 0.29) is 0 Å². The maximum absolute atomic E-state index is 5.65. The minimum Gasteiger partial charge on any atom is -0.378 e. The van der Waals surface area contributed by atoms with E-state index < -0.39 is 0 Å².